The Balaban J connectivity index is 2.20. The number of hydrogen-bond donors (Lipinski definition) is 1. The van der Waals surface area contributed by atoms with Crippen molar-refractivity contribution in [1.29, 1.82) is 0 Å². The lowest BCUT2D eigenvalue weighted by molar-refractivity contribution is 0.0724. The number of pyridine rings is 1. The van der Waals surface area contributed by atoms with Gasteiger partial charge in [-0.3, -0.25) is 4.79 Å². The normalized spacial score (nSPS) is 27.2. The van der Waals surface area contributed by atoms with E-state index in [-0.39, 0.29) is 11.7 Å². The predicted octanol–water partition coefficient (Wildman–Crippen LogP) is 1.66. The van der Waals surface area contributed by atoms with Crippen molar-refractivity contribution in [3.63, 3.8) is 0 Å². The molecule has 0 saturated carbocycles. The third kappa shape index (κ3) is 2.20. The fourth-order valence-electron chi connectivity index (χ4n) is 1.92. The summed E-state index contributed by atoms with van der Waals surface area (Å²) >= 11 is 0. The number of rotatable bonds is 2. The second-order valence-corrected chi connectivity index (χ2v) is 4.60. The summed E-state index contributed by atoms with van der Waals surface area (Å²) in [6, 6.07) is 1.15. The van der Waals surface area contributed by atoms with Crippen molar-refractivity contribution in [2.75, 3.05) is 6.61 Å². The lowest BCUT2D eigenvalue weighted by atomic mass is 9.94. The molecule has 1 aliphatic heterocycles. The van der Waals surface area contributed by atoms with Crippen LogP contribution in [0.5, 0.6) is 0 Å². The first-order valence-corrected chi connectivity index (χ1v) is 5.68. The van der Waals surface area contributed by atoms with Crippen molar-refractivity contribution in [3.05, 3.63) is 29.6 Å². The van der Waals surface area contributed by atoms with Gasteiger partial charge in [0.05, 0.1) is 17.2 Å². The Hall–Kier alpha value is -1.56. The van der Waals surface area contributed by atoms with Crippen LogP contribution < -0.4 is 5.32 Å². The van der Waals surface area contributed by atoms with Crippen LogP contribution in [-0.2, 0) is 4.74 Å². The Kier molecular flexibility index (Phi) is 3.30. The van der Waals surface area contributed by atoms with E-state index in [0.717, 1.165) is 12.3 Å². The Morgan fingerprint density at radius 3 is 2.94 bits per heavy atom. The summed E-state index contributed by atoms with van der Waals surface area (Å²) in [5.74, 6) is -3.16. The molecular formula is C12H14F2N2O2. The van der Waals surface area contributed by atoms with Gasteiger partial charge in [0, 0.05) is 12.8 Å². The largest absolute Gasteiger partial charge is 0.376 e. The Morgan fingerprint density at radius 2 is 2.33 bits per heavy atom. The lowest BCUT2D eigenvalue weighted by Gasteiger charge is -2.28. The highest BCUT2D eigenvalue weighted by molar-refractivity contribution is 5.94. The number of nitrogens with one attached hydrogen (secondary N) is 1. The topological polar surface area (TPSA) is 51.2 Å². The zero-order chi connectivity index (χ0) is 13.3. The molecule has 1 aromatic heterocycles. The highest BCUT2D eigenvalue weighted by Gasteiger charge is 2.38. The molecule has 6 heteroatoms. The minimum Gasteiger partial charge on any atom is -0.376 e. The number of nitrogens with zero attached hydrogens (tertiary/aromatic N) is 1. The van der Waals surface area contributed by atoms with Crippen LogP contribution in [0, 0.1) is 11.8 Å². The maximum Gasteiger partial charge on any atom is 0.255 e. The van der Waals surface area contributed by atoms with Crippen molar-refractivity contribution in [2.24, 2.45) is 0 Å². The monoisotopic (exact) mass is 256 g/mol. The minimum atomic E-state index is -1.27. The summed E-state index contributed by atoms with van der Waals surface area (Å²) in [7, 11) is 0. The molecule has 1 aromatic rings. The Labute approximate surface area is 103 Å². The quantitative estimate of drug-likeness (QED) is 0.819. The second kappa shape index (κ2) is 4.61. The first-order chi connectivity index (χ1) is 8.44. The number of hydrogen-bond acceptors (Lipinski definition) is 3. The molecule has 4 nitrogen and oxygen atoms in total. The number of amides is 1. The van der Waals surface area contributed by atoms with Crippen LogP contribution in [0.25, 0.3) is 0 Å². The molecule has 0 spiro atoms. The van der Waals surface area contributed by atoms with Crippen molar-refractivity contribution in [1.82, 2.24) is 10.3 Å². The summed E-state index contributed by atoms with van der Waals surface area (Å²) in [6.07, 6.45) is 1.52. The average molecular weight is 256 g/mol. The highest BCUT2D eigenvalue weighted by Crippen LogP contribution is 2.25. The van der Waals surface area contributed by atoms with Crippen LogP contribution in [0.3, 0.4) is 0 Å². The van der Waals surface area contributed by atoms with Gasteiger partial charge in [0.25, 0.3) is 5.91 Å². The van der Waals surface area contributed by atoms with Crippen LogP contribution in [0.4, 0.5) is 8.78 Å². The van der Waals surface area contributed by atoms with E-state index in [4.69, 9.17) is 4.74 Å². The van der Waals surface area contributed by atoms with Gasteiger partial charge in [-0.25, -0.2) is 9.37 Å². The molecule has 2 heterocycles. The molecule has 1 amide bonds. The van der Waals surface area contributed by atoms with Crippen molar-refractivity contribution >= 4 is 5.91 Å². The van der Waals surface area contributed by atoms with E-state index in [0.29, 0.717) is 13.0 Å². The number of carbonyl (C=O) groups excluding carboxylic acids is 1. The Bertz CT molecular complexity index is 481. The number of carbonyl (C=O) groups is 1. The zero-order valence-electron chi connectivity index (χ0n) is 10.2. The average Bonchev–Trinajstić information content (AvgIpc) is 2.62. The third-order valence-corrected chi connectivity index (χ3v) is 3.38. The zero-order valence-corrected chi connectivity index (χ0v) is 10.2. The summed E-state index contributed by atoms with van der Waals surface area (Å²) in [4.78, 5) is 15.1. The van der Waals surface area contributed by atoms with E-state index in [2.05, 4.69) is 10.3 Å². The van der Waals surface area contributed by atoms with Crippen molar-refractivity contribution in [3.8, 4) is 0 Å². The maximum absolute atomic E-state index is 13.4. The Morgan fingerprint density at radius 1 is 1.61 bits per heavy atom. The van der Waals surface area contributed by atoms with Gasteiger partial charge in [0.1, 0.15) is 0 Å². The number of aromatic nitrogens is 1. The standard InChI is InChI=1S/C12H14F2N2O2/c1-7-12(2,4-6-18-7)16-11(17)8-3-5-15-10(14)9(8)13/h3,5,7H,4,6H2,1-2H3,(H,16,17). The fourth-order valence-corrected chi connectivity index (χ4v) is 1.92. The van der Waals surface area contributed by atoms with E-state index in [9.17, 15) is 13.6 Å². The SMILES string of the molecule is CC1OCCC1(C)NC(=O)c1ccnc(F)c1F. The van der Waals surface area contributed by atoms with Gasteiger partial charge < -0.3 is 10.1 Å². The highest BCUT2D eigenvalue weighted by atomic mass is 19.2. The maximum atomic E-state index is 13.4. The van der Waals surface area contributed by atoms with Crippen LogP contribution in [0.1, 0.15) is 30.6 Å². The molecule has 0 bridgehead atoms. The van der Waals surface area contributed by atoms with Crippen LogP contribution >= 0.6 is 0 Å². The van der Waals surface area contributed by atoms with Crippen molar-refractivity contribution < 1.29 is 18.3 Å². The number of halogens is 2. The molecule has 1 saturated heterocycles. The molecule has 1 N–H and O–H groups in total. The summed E-state index contributed by atoms with van der Waals surface area (Å²) < 4.78 is 31.7. The third-order valence-electron chi connectivity index (χ3n) is 3.38. The first kappa shape index (κ1) is 12.9. The smallest absolute Gasteiger partial charge is 0.255 e. The molecular weight excluding hydrogens is 242 g/mol. The van der Waals surface area contributed by atoms with Crippen LogP contribution in [-0.4, -0.2) is 29.1 Å². The molecule has 2 unspecified atom stereocenters. The molecule has 0 aliphatic carbocycles. The molecule has 1 aliphatic rings. The lowest BCUT2D eigenvalue weighted by Crippen LogP contribution is -2.50. The van der Waals surface area contributed by atoms with E-state index in [1.54, 1.807) is 0 Å². The molecule has 0 aromatic carbocycles. The van der Waals surface area contributed by atoms with Gasteiger partial charge in [-0.05, 0) is 26.3 Å². The molecule has 0 radical (unpaired) electrons. The number of ether oxygens (including phenoxy) is 1. The van der Waals surface area contributed by atoms with Gasteiger partial charge in [-0.2, -0.15) is 4.39 Å². The van der Waals surface area contributed by atoms with Crippen molar-refractivity contribution in [2.45, 2.75) is 31.9 Å². The van der Waals surface area contributed by atoms with Gasteiger partial charge in [-0.1, -0.05) is 0 Å². The summed E-state index contributed by atoms with van der Waals surface area (Å²) in [5, 5.41) is 2.69. The molecule has 18 heavy (non-hydrogen) atoms. The van der Waals surface area contributed by atoms with Crippen LogP contribution in [0.15, 0.2) is 12.3 Å². The summed E-state index contributed by atoms with van der Waals surface area (Å²) in [6.45, 7) is 4.18. The molecule has 98 valence electrons. The minimum absolute atomic E-state index is 0.170. The predicted molar refractivity (Wildman–Crippen MR) is 60.1 cm³/mol. The van der Waals surface area contributed by atoms with Gasteiger partial charge in [0.2, 0.25) is 5.95 Å². The molecule has 2 rings (SSSR count). The second-order valence-electron chi connectivity index (χ2n) is 4.60. The van der Waals surface area contributed by atoms with Gasteiger partial charge in [0.15, 0.2) is 5.82 Å². The van der Waals surface area contributed by atoms with E-state index in [1.165, 1.54) is 0 Å². The first-order valence-electron chi connectivity index (χ1n) is 5.68. The fraction of sp³-hybridized carbons (Fsp3) is 0.500. The van der Waals surface area contributed by atoms with E-state index in [1.807, 2.05) is 13.8 Å². The molecule has 2 atom stereocenters. The van der Waals surface area contributed by atoms with E-state index < -0.39 is 23.2 Å². The molecule has 1 fully saturated rings. The van der Waals surface area contributed by atoms with Gasteiger partial charge >= 0.3 is 0 Å². The summed E-state index contributed by atoms with van der Waals surface area (Å²) in [5.41, 5.74) is -0.911. The van der Waals surface area contributed by atoms with Gasteiger partial charge in [-0.15, -0.1) is 0 Å². The van der Waals surface area contributed by atoms with Crippen LogP contribution in [0.2, 0.25) is 0 Å². The van der Waals surface area contributed by atoms with E-state index >= 15 is 0 Å².